The number of carbonyl (C=O) groups is 2. The van der Waals surface area contributed by atoms with Crippen molar-refractivity contribution in [2.24, 2.45) is 5.73 Å². The zero-order valence-corrected chi connectivity index (χ0v) is 18.8. The third-order valence-corrected chi connectivity index (χ3v) is 6.96. The van der Waals surface area contributed by atoms with E-state index < -0.39 is 0 Å². The number of hydrogen-bond acceptors (Lipinski definition) is 5. The van der Waals surface area contributed by atoms with Gasteiger partial charge in [0.25, 0.3) is 0 Å². The van der Waals surface area contributed by atoms with Crippen molar-refractivity contribution in [3.8, 4) is 0 Å². The largest absolute Gasteiger partial charge is 0.370 e. The first kappa shape index (κ1) is 22.4. The smallest absolute Gasteiger partial charge is 0.218 e. The van der Waals surface area contributed by atoms with Crippen LogP contribution in [0.1, 0.15) is 34.7 Å². The molecule has 0 bridgehead atoms. The van der Waals surface area contributed by atoms with Gasteiger partial charge in [-0.15, -0.1) is 11.8 Å². The molecule has 7 heteroatoms. The molecule has 1 aromatic heterocycles. The van der Waals surface area contributed by atoms with Gasteiger partial charge < -0.3 is 5.73 Å². The van der Waals surface area contributed by atoms with Crippen molar-refractivity contribution in [1.82, 2.24) is 4.98 Å². The van der Waals surface area contributed by atoms with E-state index in [2.05, 4.69) is 4.98 Å². The lowest BCUT2D eigenvalue weighted by atomic mass is 10.1. The average Bonchev–Trinajstić information content (AvgIpc) is 2.71. The van der Waals surface area contributed by atoms with Crippen LogP contribution in [0.2, 0.25) is 5.02 Å². The molecule has 0 aliphatic carbocycles. The molecule has 3 aromatic rings. The molecule has 30 heavy (non-hydrogen) atoms. The fourth-order valence-corrected chi connectivity index (χ4v) is 5.40. The summed E-state index contributed by atoms with van der Waals surface area (Å²) in [6, 6.07) is 17.6. The summed E-state index contributed by atoms with van der Waals surface area (Å²) >= 11 is 8.87. The fraction of sp³-hybridized carbons (Fsp3) is 0.174. The highest BCUT2D eigenvalue weighted by molar-refractivity contribution is 8.24. The van der Waals surface area contributed by atoms with E-state index >= 15 is 0 Å². The van der Waals surface area contributed by atoms with Gasteiger partial charge in [0.15, 0.2) is 5.12 Å². The maximum absolute atomic E-state index is 11.7. The van der Waals surface area contributed by atoms with Gasteiger partial charge in [-0.05, 0) is 41.5 Å². The molecule has 1 unspecified atom stereocenters. The molecule has 1 amide bonds. The van der Waals surface area contributed by atoms with Crippen LogP contribution in [0.25, 0.3) is 23.1 Å². The molecule has 0 radical (unpaired) electrons. The monoisotopic (exact) mass is 456 g/mol. The van der Waals surface area contributed by atoms with Crippen molar-refractivity contribution in [2.45, 2.75) is 17.9 Å². The molecule has 3 rings (SSSR count). The number of thioether (sulfide) groups is 2. The first-order chi connectivity index (χ1) is 14.4. The molecule has 0 aliphatic heterocycles. The molecule has 2 N–H and O–H groups in total. The molecule has 0 fully saturated rings. The third-order valence-electron chi connectivity index (χ3n) is 4.20. The minimum absolute atomic E-state index is 0.0338. The first-order valence-corrected chi connectivity index (χ1v) is 11.6. The quantitative estimate of drug-likeness (QED) is 0.424. The minimum Gasteiger partial charge on any atom is -0.370 e. The van der Waals surface area contributed by atoms with Gasteiger partial charge in [-0.25, -0.2) is 4.98 Å². The van der Waals surface area contributed by atoms with Gasteiger partial charge in [-0.3, -0.25) is 9.59 Å². The first-order valence-electron chi connectivity index (χ1n) is 9.32. The van der Waals surface area contributed by atoms with Crippen LogP contribution in [-0.4, -0.2) is 21.8 Å². The highest BCUT2D eigenvalue weighted by atomic mass is 35.5. The van der Waals surface area contributed by atoms with E-state index in [-0.39, 0.29) is 22.0 Å². The molecule has 1 heterocycles. The van der Waals surface area contributed by atoms with Crippen molar-refractivity contribution < 1.29 is 9.59 Å². The molecule has 1 atom stereocenters. The highest BCUT2D eigenvalue weighted by Crippen LogP contribution is 2.40. The number of benzene rings is 2. The number of amides is 1. The number of pyridine rings is 1. The van der Waals surface area contributed by atoms with Crippen LogP contribution in [-0.2, 0) is 9.59 Å². The van der Waals surface area contributed by atoms with Crippen LogP contribution in [0.15, 0.2) is 54.6 Å². The Morgan fingerprint density at radius 1 is 1.13 bits per heavy atom. The lowest BCUT2D eigenvalue weighted by molar-refractivity contribution is -0.117. The second-order valence-corrected chi connectivity index (χ2v) is 9.83. The van der Waals surface area contributed by atoms with Crippen molar-refractivity contribution in [1.29, 1.82) is 0 Å². The summed E-state index contributed by atoms with van der Waals surface area (Å²) in [5, 5.41) is 1.73. The Bertz CT molecular complexity index is 1100. The molecule has 4 nitrogen and oxygen atoms in total. The predicted octanol–water partition coefficient (Wildman–Crippen LogP) is 5.95. The summed E-state index contributed by atoms with van der Waals surface area (Å²) in [6.07, 6.45) is 4.23. The summed E-state index contributed by atoms with van der Waals surface area (Å²) in [5.41, 5.74) is 8.94. The van der Waals surface area contributed by atoms with E-state index in [1.54, 1.807) is 18.7 Å². The number of carbonyl (C=O) groups excluding carboxylic acids is 2. The number of hydrogen-bond donors (Lipinski definition) is 1. The Balaban J connectivity index is 1.79. The van der Waals surface area contributed by atoms with E-state index in [9.17, 15) is 9.59 Å². The maximum atomic E-state index is 11.7. The van der Waals surface area contributed by atoms with Gasteiger partial charge in [-0.1, -0.05) is 59.8 Å². The van der Waals surface area contributed by atoms with Gasteiger partial charge in [0.1, 0.15) is 0 Å². The number of rotatable bonds is 8. The van der Waals surface area contributed by atoms with E-state index in [4.69, 9.17) is 17.3 Å². The Morgan fingerprint density at radius 2 is 1.93 bits per heavy atom. The standard InChI is InChI=1S/C23H21ClN2O2S2/c1-15(27)30-23(29-12-11-22(25)28)18-4-2-3-16(13-18)5-9-20-10-7-17-6-8-19(24)14-21(17)26-20/h2-10,13-14,23H,11-12H2,1H3,(H2,25,28). The van der Waals surface area contributed by atoms with E-state index in [0.717, 1.165) is 27.7 Å². The fourth-order valence-electron chi connectivity index (χ4n) is 2.81. The predicted molar refractivity (Wildman–Crippen MR) is 129 cm³/mol. The number of fused-ring (bicyclic) bond motifs is 1. The molecule has 0 saturated carbocycles. The number of primary amides is 1. The Kier molecular flexibility index (Phi) is 7.96. The zero-order chi connectivity index (χ0) is 21.5. The minimum atomic E-state index is -0.338. The SMILES string of the molecule is CC(=O)SC(SCCC(N)=O)c1cccc(C=Cc2ccc3ccc(Cl)cc3n2)c1. The second-order valence-electron chi connectivity index (χ2n) is 6.61. The van der Waals surface area contributed by atoms with Gasteiger partial charge in [-0.2, -0.15) is 0 Å². The van der Waals surface area contributed by atoms with Crippen LogP contribution in [0, 0.1) is 0 Å². The van der Waals surface area contributed by atoms with Crippen molar-refractivity contribution in [3.63, 3.8) is 0 Å². The number of nitrogens with zero attached hydrogens (tertiary/aromatic N) is 1. The molecular formula is C23H21ClN2O2S2. The Morgan fingerprint density at radius 3 is 2.70 bits per heavy atom. The highest BCUT2D eigenvalue weighted by Gasteiger charge is 2.16. The van der Waals surface area contributed by atoms with Gasteiger partial charge in [0.05, 0.1) is 15.8 Å². The molecule has 154 valence electrons. The summed E-state index contributed by atoms with van der Waals surface area (Å²) in [7, 11) is 0. The van der Waals surface area contributed by atoms with Gasteiger partial charge in [0, 0.05) is 29.5 Å². The lowest BCUT2D eigenvalue weighted by Gasteiger charge is -2.15. The van der Waals surface area contributed by atoms with Crippen LogP contribution in [0.4, 0.5) is 0 Å². The normalized spacial score (nSPS) is 12.3. The summed E-state index contributed by atoms with van der Waals surface area (Å²) in [6.45, 7) is 1.55. The van der Waals surface area contributed by atoms with Crippen LogP contribution in [0.5, 0.6) is 0 Å². The molecular weight excluding hydrogens is 436 g/mol. The van der Waals surface area contributed by atoms with Crippen LogP contribution >= 0.6 is 35.1 Å². The van der Waals surface area contributed by atoms with Crippen LogP contribution < -0.4 is 5.73 Å². The lowest BCUT2D eigenvalue weighted by Crippen LogP contribution is -2.11. The topological polar surface area (TPSA) is 73.1 Å². The van der Waals surface area contributed by atoms with Crippen molar-refractivity contribution in [3.05, 3.63) is 76.4 Å². The Labute approximate surface area is 189 Å². The molecule has 0 aliphatic rings. The van der Waals surface area contributed by atoms with Crippen molar-refractivity contribution in [2.75, 3.05) is 5.75 Å². The number of halogens is 1. The average molecular weight is 457 g/mol. The van der Waals surface area contributed by atoms with Gasteiger partial charge in [0.2, 0.25) is 5.91 Å². The molecule has 2 aromatic carbocycles. The summed E-state index contributed by atoms with van der Waals surface area (Å²) < 4.78 is -0.0869. The van der Waals surface area contributed by atoms with Crippen LogP contribution in [0.3, 0.4) is 0 Å². The molecule has 0 spiro atoms. The number of aromatic nitrogens is 1. The zero-order valence-electron chi connectivity index (χ0n) is 16.4. The maximum Gasteiger partial charge on any atom is 0.218 e. The van der Waals surface area contributed by atoms with Gasteiger partial charge >= 0.3 is 0 Å². The Hall–Kier alpha value is -2.28. The molecule has 0 saturated heterocycles. The summed E-state index contributed by atoms with van der Waals surface area (Å²) in [5.74, 6) is 0.235. The summed E-state index contributed by atoms with van der Waals surface area (Å²) in [4.78, 5) is 27.3. The number of nitrogens with two attached hydrogens (primary N) is 1. The van der Waals surface area contributed by atoms with E-state index in [1.165, 1.54) is 11.8 Å². The second kappa shape index (κ2) is 10.7. The third kappa shape index (κ3) is 6.62. The van der Waals surface area contributed by atoms with Crippen molar-refractivity contribution >= 4 is 69.2 Å². The van der Waals surface area contributed by atoms with E-state index in [1.807, 2.05) is 66.7 Å². The van der Waals surface area contributed by atoms with E-state index in [0.29, 0.717) is 10.8 Å².